The maximum Gasteiger partial charge on any atom is 0.323 e. The van der Waals surface area contributed by atoms with Crippen molar-refractivity contribution in [3.63, 3.8) is 0 Å². The molecule has 1 fully saturated rings. The van der Waals surface area contributed by atoms with Crippen LogP contribution < -0.4 is 5.32 Å². The van der Waals surface area contributed by atoms with Crippen molar-refractivity contribution in [2.75, 3.05) is 7.11 Å². The van der Waals surface area contributed by atoms with Crippen molar-refractivity contribution in [1.29, 1.82) is 0 Å². The first-order chi connectivity index (χ1) is 7.38. The van der Waals surface area contributed by atoms with Crippen molar-refractivity contribution in [3.05, 3.63) is 0 Å². The van der Waals surface area contributed by atoms with E-state index < -0.39 is 0 Å². The Labute approximate surface area is 98.9 Å². The molecule has 1 unspecified atom stereocenters. The highest BCUT2D eigenvalue weighted by Crippen LogP contribution is 2.37. The van der Waals surface area contributed by atoms with Gasteiger partial charge in [0.15, 0.2) is 0 Å². The summed E-state index contributed by atoms with van der Waals surface area (Å²) in [6, 6.07) is 0.256. The van der Waals surface area contributed by atoms with Gasteiger partial charge in [0.05, 0.1) is 7.11 Å². The molecule has 1 rings (SSSR count). The molecule has 0 amide bonds. The van der Waals surface area contributed by atoms with E-state index in [2.05, 4.69) is 33.0 Å². The number of carbonyl (C=O) groups excluding carboxylic acids is 1. The Hall–Kier alpha value is -0.570. The first-order valence-electron chi connectivity index (χ1n) is 6.22. The lowest BCUT2D eigenvalue weighted by atomic mass is 9.86. The average Bonchev–Trinajstić information content (AvgIpc) is 2.52. The van der Waals surface area contributed by atoms with E-state index in [4.69, 9.17) is 4.74 Å². The molecule has 1 saturated carbocycles. The molecule has 0 aromatic heterocycles. The number of ether oxygens (including phenoxy) is 1. The third-order valence-corrected chi connectivity index (χ3v) is 3.76. The first-order valence-corrected chi connectivity index (χ1v) is 6.22. The van der Waals surface area contributed by atoms with Gasteiger partial charge in [-0.25, -0.2) is 0 Å². The molecular formula is C13H25NO2. The van der Waals surface area contributed by atoms with Gasteiger partial charge in [-0.05, 0) is 24.2 Å². The summed E-state index contributed by atoms with van der Waals surface area (Å²) in [4.78, 5) is 11.7. The molecule has 0 bridgehead atoms. The molecule has 0 aliphatic heterocycles. The van der Waals surface area contributed by atoms with Crippen molar-refractivity contribution >= 4 is 5.97 Å². The minimum absolute atomic E-state index is 0.141. The zero-order valence-corrected chi connectivity index (χ0v) is 11.2. The highest BCUT2D eigenvalue weighted by atomic mass is 16.5. The summed E-state index contributed by atoms with van der Waals surface area (Å²) in [5, 5.41) is 3.48. The van der Waals surface area contributed by atoms with Gasteiger partial charge in [0.25, 0.3) is 0 Å². The van der Waals surface area contributed by atoms with E-state index in [1.807, 2.05) is 0 Å². The molecule has 94 valence electrons. The maximum atomic E-state index is 11.7. The van der Waals surface area contributed by atoms with Crippen LogP contribution in [0.4, 0.5) is 0 Å². The van der Waals surface area contributed by atoms with E-state index in [9.17, 15) is 4.79 Å². The van der Waals surface area contributed by atoms with Crippen LogP contribution >= 0.6 is 0 Å². The standard InChI is InChI=1S/C13H25NO2/c1-9(2)11(12(15)16-5)14-10-7-6-8-13(10,3)4/h9-11,14H,6-8H2,1-5H3/t10?,11-/m0/s1. The lowest BCUT2D eigenvalue weighted by Gasteiger charge is -2.32. The van der Waals surface area contributed by atoms with Gasteiger partial charge >= 0.3 is 5.97 Å². The van der Waals surface area contributed by atoms with Gasteiger partial charge in [0.2, 0.25) is 0 Å². The van der Waals surface area contributed by atoms with Crippen LogP contribution in [0.25, 0.3) is 0 Å². The Bertz CT molecular complexity index is 248. The summed E-state index contributed by atoms with van der Waals surface area (Å²) in [5.41, 5.74) is 0.293. The van der Waals surface area contributed by atoms with Crippen LogP contribution in [0.1, 0.15) is 47.0 Å². The third kappa shape index (κ3) is 2.97. The van der Waals surface area contributed by atoms with Gasteiger partial charge in [-0.3, -0.25) is 4.79 Å². The molecule has 0 aromatic rings. The van der Waals surface area contributed by atoms with Crippen LogP contribution in [0, 0.1) is 11.3 Å². The Balaban J connectivity index is 2.65. The quantitative estimate of drug-likeness (QED) is 0.749. The van der Waals surface area contributed by atoms with E-state index in [1.54, 1.807) is 0 Å². The van der Waals surface area contributed by atoms with Crippen LogP contribution in [0.5, 0.6) is 0 Å². The molecule has 16 heavy (non-hydrogen) atoms. The van der Waals surface area contributed by atoms with Gasteiger partial charge in [0, 0.05) is 6.04 Å². The second-order valence-corrected chi connectivity index (χ2v) is 5.84. The fourth-order valence-corrected chi connectivity index (χ4v) is 2.51. The smallest absolute Gasteiger partial charge is 0.323 e. The normalized spacial score (nSPS) is 25.8. The van der Waals surface area contributed by atoms with Crippen molar-refractivity contribution in [2.24, 2.45) is 11.3 Å². The number of rotatable bonds is 4. The number of hydrogen-bond acceptors (Lipinski definition) is 3. The largest absolute Gasteiger partial charge is 0.468 e. The SMILES string of the molecule is COC(=O)[C@@H](NC1CCCC1(C)C)C(C)C. The van der Waals surface area contributed by atoms with Gasteiger partial charge < -0.3 is 10.1 Å². The minimum Gasteiger partial charge on any atom is -0.468 e. The van der Waals surface area contributed by atoms with E-state index in [-0.39, 0.29) is 17.9 Å². The molecule has 1 aliphatic rings. The minimum atomic E-state index is -0.174. The van der Waals surface area contributed by atoms with Crippen LogP contribution in [0.15, 0.2) is 0 Å². The lowest BCUT2D eigenvalue weighted by Crippen LogP contribution is -2.50. The third-order valence-electron chi connectivity index (χ3n) is 3.76. The van der Waals surface area contributed by atoms with E-state index in [0.29, 0.717) is 11.5 Å². The molecule has 0 saturated heterocycles. The second-order valence-electron chi connectivity index (χ2n) is 5.84. The average molecular weight is 227 g/mol. The highest BCUT2D eigenvalue weighted by Gasteiger charge is 2.37. The van der Waals surface area contributed by atoms with Crippen molar-refractivity contribution in [1.82, 2.24) is 5.32 Å². The molecule has 0 radical (unpaired) electrons. The molecule has 1 N–H and O–H groups in total. The monoisotopic (exact) mass is 227 g/mol. The Kier molecular flexibility index (Phi) is 4.36. The maximum absolute atomic E-state index is 11.7. The Morgan fingerprint density at radius 3 is 2.44 bits per heavy atom. The predicted molar refractivity (Wildman–Crippen MR) is 65.2 cm³/mol. The summed E-state index contributed by atoms with van der Waals surface area (Å²) in [7, 11) is 1.46. The van der Waals surface area contributed by atoms with Crippen LogP contribution in [-0.4, -0.2) is 25.2 Å². The zero-order chi connectivity index (χ0) is 12.3. The molecule has 1 aliphatic carbocycles. The van der Waals surface area contributed by atoms with Gasteiger partial charge in [-0.2, -0.15) is 0 Å². The van der Waals surface area contributed by atoms with Crippen molar-refractivity contribution in [3.8, 4) is 0 Å². The predicted octanol–water partition coefficient (Wildman–Crippen LogP) is 2.35. The molecule has 3 heteroatoms. The van der Waals surface area contributed by atoms with Crippen molar-refractivity contribution in [2.45, 2.75) is 59.0 Å². The van der Waals surface area contributed by atoms with Crippen LogP contribution in [-0.2, 0) is 9.53 Å². The van der Waals surface area contributed by atoms with Crippen LogP contribution in [0.2, 0.25) is 0 Å². The van der Waals surface area contributed by atoms with E-state index in [1.165, 1.54) is 20.0 Å². The summed E-state index contributed by atoms with van der Waals surface area (Å²) >= 11 is 0. The molecule has 0 aromatic carbocycles. The summed E-state index contributed by atoms with van der Waals surface area (Å²) in [5.74, 6) is 0.126. The summed E-state index contributed by atoms with van der Waals surface area (Å²) in [6.45, 7) is 8.64. The molecular weight excluding hydrogens is 202 g/mol. The van der Waals surface area contributed by atoms with Crippen molar-refractivity contribution < 1.29 is 9.53 Å². The lowest BCUT2D eigenvalue weighted by molar-refractivity contribution is -0.144. The van der Waals surface area contributed by atoms with Gasteiger partial charge in [-0.15, -0.1) is 0 Å². The van der Waals surface area contributed by atoms with E-state index in [0.717, 1.165) is 6.42 Å². The summed E-state index contributed by atoms with van der Waals surface area (Å²) < 4.78 is 4.85. The molecule has 0 spiro atoms. The number of esters is 1. The van der Waals surface area contributed by atoms with E-state index >= 15 is 0 Å². The fourth-order valence-electron chi connectivity index (χ4n) is 2.51. The fraction of sp³-hybridized carbons (Fsp3) is 0.923. The number of methoxy groups -OCH3 is 1. The molecule has 0 heterocycles. The topological polar surface area (TPSA) is 38.3 Å². The first kappa shape index (κ1) is 13.5. The highest BCUT2D eigenvalue weighted by molar-refractivity contribution is 5.76. The summed E-state index contributed by atoms with van der Waals surface area (Å²) in [6.07, 6.45) is 3.64. The van der Waals surface area contributed by atoms with Gasteiger partial charge in [0.1, 0.15) is 6.04 Å². The van der Waals surface area contributed by atoms with Gasteiger partial charge in [-0.1, -0.05) is 34.1 Å². The molecule has 2 atom stereocenters. The number of hydrogen-bond donors (Lipinski definition) is 1. The molecule has 3 nitrogen and oxygen atoms in total. The van der Waals surface area contributed by atoms with Crippen LogP contribution in [0.3, 0.4) is 0 Å². The number of carbonyl (C=O) groups is 1. The Morgan fingerprint density at radius 1 is 1.44 bits per heavy atom. The zero-order valence-electron chi connectivity index (χ0n) is 11.2. The second kappa shape index (κ2) is 5.17. The number of nitrogens with one attached hydrogen (secondary N) is 1. The Morgan fingerprint density at radius 2 is 2.06 bits per heavy atom.